The van der Waals surface area contributed by atoms with Gasteiger partial charge < -0.3 is 19.5 Å². The van der Waals surface area contributed by atoms with Crippen LogP contribution >= 0.6 is 0 Å². The molecule has 0 saturated carbocycles. The number of aromatic nitrogens is 3. The van der Waals surface area contributed by atoms with Crippen molar-refractivity contribution in [2.24, 2.45) is 0 Å². The van der Waals surface area contributed by atoms with Gasteiger partial charge in [-0.05, 0) is 25.0 Å². The number of hydrogen-bond donors (Lipinski definition) is 1. The zero-order valence-electron chi connectivity index (χ0n) is 15.0. The maximum Gasteiger partial charge on any atom is 0.163 e. The SMILES string of the molecule is COc1cc2ncn(-c3ccc(CO)c(N4CCCC4)n3)c2cc1OC. The molecule has 7 nitrogen and oxygen atoms in total. The summed E-state index contributed by atoms with van der Waals surface area (Å²) in [6, 6.07) is 7.60. The summed E-state index contributed by atoms with van der Waals surface area (Å²) in [6.45, 7) is 1.92. The number of pyridine rings is 1. The van der Waals surface area contributed by atoms with E-state index in [2.05, 4.69) is 9.88 Å². The molecule has 0 spiro atoms. The molecule has 0 amide bonds. The summed E-state index contributed by atoms with van der Waals surface area (Å²) in [4.78, 5) is 11.5. The maximum absolute atomic E-state index is 9.68. The molecule has 3 heterocycles. The van der Waals surface area contributed by atoms with Crippen LogP contribution in [-0.2, 0) is 6.61 Å². The molecule has 26 heavy (non-hydrogen) atoms. The molecule has 0 aliphatic carbocycles. The summed E-state index contributed by atoms with van der Waals surface area (Å²) in [5.41, 5.74) is 2.54. The maximum atomic E-state index is 9.68. The molecule has 0 bridgehead atoms. The largest absolute Gasteiger partial charge is 0.493 e. The van der Waals surface area contributed by atoms with E-state index in [4.69, 9.17) is 14.5 Å². The third kappa shape index (κ3) is 2.74. The number of hydrogen-bond acceptors (Lipinski definition) is 6. The molecule has 1 saturated heterocycles. The van der Waals surface area contributed by atoms with Gasteiger partial charge in [0.05, 0.1) is 31.9 Å². The number of nitrogens with zero attached hydrogens (tertiary/aromatic N) is 4. The van der Waals surface area contributed by atoms with E-state index >= 15 is 0 Å². The zero-order valence-corrected chi connectivity index (χ0v) is 15.0. The predicted molar refractivity (Wildman–Crippen MR) is 99.3 cm³/mol. The Balaban J connectivity index is 1.83. The molecule has 1 aliphatic heterocycles. The lowest BCUT2D eigenvalue weighted by Crippen LogP contribution is -2.21. The van der Waals surface area contributed by atoms with Crippen LogP contribution in [0.25, 0.3) is 16.9 Å². The van der Waals surface area contributed by atoms with Crippen molar-refractivity contribution < 1.29 is 14.6 Å². The van der Waals surface area contributed by atoms with Gasteiger partial charge in [-0.15, -0.1) is 0 Å². The second kappa shape index (κ2) is 6.84. The summed E-state index contributed by atoms with van der Waals surface area (Å²) < 4.78 is 12.7. The highest BCUT2D eigenvalue weighted by Gasteiger charge is 2.19. The molecule has 0 radical (unpaired) electrons. The van der Waals surface area contributed by atoms with Crippen molar-refractivity contribution in [3.63, 3.8) is 0 Å². The van der Waals surface area contributed by atoms with Crippen molar-refractivity contribution in [3.8, 4) is 17.3 Å². The summed E-state index contributed by atoms with van der Waals surface area (Å²) in [6.07, 6.45) is 4.06. The first-order valence-corrected chi connectivity index (χ1v) is 8.70. The van der Waals surface area contributed by atoms with Crippen molar-refractivity contribution in [3.05, 3.63) is 36.2 Å². The van der Waals surface area contributed by atoms with Gasteiger partial charge in [0, 0.05) is 30.8 Å². The van der Waals surface area contributed by atoms with Gasteiger partial charge in [0.15, 0.2) is 11.5 Å². The van der Waals surface area contributed by atoms with Crippen LogP contribution < -0.4 is 14.4 Å². The van der Waals surface area contributed by atoms with Gasteiger partial charge in [0.2, 0.25) is 0 Å². The minimum atomic E-state index is -0.0190. The first kappa shape index (κ1) is 16.7. The average molecular weight is 354 g/mol. The summed E-state index contributed by atoms with van der Waals surface area (Å²) in [5.74, 6) is 2.91. The average Bonchev–Trinajstić information content (AvgIpc) is 3.36. The Morgan fingerprint density at radius 1 is 1.08 bits per heavy atom. The lowest BCUT2D eigenvalue weighted by molar-refractivity contribution is 0.281. The van der Waals surface area contributed by atoms with Crippen LogP contribution in [0.5, 0.6) is 11.5 Å². The van der Waals surface area contributed by atoms with Gasteiger partial charge in [-0.25, -0.2) is 9.97 Å². The van der Waals surface area contributed by atoms with E-state index < -0.39 is 0 Å². The minimum Gasteiger partial charge on any atom is -0.493 e. The van der Waals surface area contributed by atoms with E-state index in [0.29, 0.717) is 11.5 Å². The van der Waals surface area contributed by atoms with Gasteiger partial charge in [-0.1, -0.05) is 0 Å². The molecule has 1 fully saturated rings. The Bertz CT molecular complexity index is 932. The highest BCUT2D eigenvalue weighted by atomic mass is 16.5. The van der Waals surface area contributed by atoms with E-state index in [0.717, 1.165) is 54.2 Å². The Kier molecular flexibility index (Phi) is 4.38. The second-order valence-electron chi connectivity index (χ2n) is 6.31. The van der Waals surface area contributed by atoms with E-state index in [1.807, 2.05) is 28.8 Å². The Morgan fingerprint density at radius 2 is 1.81 bits per heavy atom. The fraction of sp³-hybridized carbons (Fsp3) is 0.368. The van der Waals surface area contributed by atoms with Crippen LogP contribution in [-0.4, -0.2) is 47.0 Å². The minimum absolute atomic E-state index is 0.0190. The van der Waals surface area contributed by atoms with Crippen LogP contribution in [0.3, 0.4) is 0 Å². The van der Waals surface area contributed by atoms with Crippen LogP contribution in [0.4, 0.5) is 5.82 Å². The number of imidazole rings is 1. The normalized spacial score (nSPS) is 14.2. The van der Waals surface area contributed by atoms with Crippen molar-refractivity contribution in [2.75, 3.05) is 32.2 Å². The fourth-order valence-corrected chi connectivity index (χ4v) is 3.45. The molecular formula is C19H22N4O3. The Morgan fingerprint density at radius 3 is 2.50 bits per heavy atom. The van der Waals surface area contributed by atoms with E-state index in [1.165, 1.54) is 0 Å². The highest BCUT2D eigenvalue weighted by Crippen LogP contribution is 2.33. The number of aliphatic hydroxyl groups is 1. The van der Waals surface area contributed by atoms with Crippen molar-refractivity contribution in [2.45, 2.75) is 19.4 Å². The summed E-state index contributed by atoms with van der Waals surface area (Å²) in [5, 5.41) is 9.68. The van der Waals surface area contributed by atoms with Crippen LogP contribution in [0.1, 0.15) is 18.4 Å². The number of fused-ring (bicyclic) bond motifs is 1. The number of rotatable bonds is 5. The monoisotopic (exact) mass is 354 g/mol. The fourth-order valence-electron chi connectivity index (χ4n) is 3.45. The van der Waals surface area contributed by atoms with Gasteiger partial charge in [0.25, 0.3) is 0 Å². The second-order valence-corrected chi connectivity index (χ2v) is 6.31. The van der Waals surface area contributed by atoms with E-state index in [1.54, 1.807) is 20.5 Å². The molecular weight excluding hydrogens is 332 g/mol. The summed E-state index contributed by atoms with van der Waals surface area (Å²) >= 11 is 0. The molecule has 1 N–H and O–H groups in total. The van der Waals surface area contributed by atoms with Gasteiger partial charge in [-0.3, -0.25) is 4.57 Å². The van der Waals surface area contributed by atoms with Gasteiger partial charge in [-0.2, -0.15) is 0 Å². The van der Waals surface area contributed by atoms with Gasteiger partial charge >= 0.3 is 0 Å². The quantitative estimate of drug-likeness (QED) is 0.759. The third-order valence-electron chi connectivity index (χ3n) is 4.82. The van der Waals surface area contributed by atoms with Gasteiger partial charge in [0.1, 0.15) is 18.0 Å². The highest BCUT2D eigenvalue weighted by molar-refractivity contribution is 5.81. The van der Waals surface area contributed by atoms with Crippen LogP contribution in [0, 0.1) is 0 Å². The smallest absolute Gasteiger partial charge is 0.163 e. The molecule has 7 heteroatoms. The molecule has 0 atom stereocenters. The first-order chi connectivity index (χ1) is 12.7. The van der Waals surface area contributed by atoms with E-state index in [-0.39, 0.29) is 6.61 Å². The number of anilines is 1. The van der Waals surface area contributed by atoms with Crippen LogP contribution in [0.2, 0.25) is 0 Å². The van der Waals surface area contributed by atoms with Crippen molar-refractivity contribution >= 4 is 16.9 Å². The number of benzene rings is 1. The van der Waals surface area contributed by atoms with Crippen molar-refractivity contribution in [1.82, 2.24) is 14.5 Å². The first-order valence-electron chi connectivity index (χ1n) is 8.70. The predicted octanol–water partition coefficient (Wildman–Crippen LogP) is 2.53. The molecule has 4 rings (SSSR count). The Hall–Kier alpha value is -2.80. The van der Waals surface area contributed by atoms with Crippen LogP contribution in [0.15, 0.2) is 30.6 Å². The molecule has 2 aromatic heterocycles. The molecule has 1 aliphatic rings. The number of aliphatic hydroxyl groups excluding tert-OH is 1. The molecule has 0 unspecified atom stereocenters. The summed E-state index contributed by atoms with van der Waals surface area (Å²) in [7, 11) is 3.22. The molecule has 1 aromatic carbocycles. The number of methoxy groups -OCH3 is 2. The zero-order chi connectivity index (χ0) is 18.1. The van der Waals surface area contributed by atoms with Crippen molar-refractivity contribution in [1.29, 1.82) is 0 Å². The third-order valence-corrected chi connectivity index (χ3v) is 4.82. The van der Waals surface area contributed by atoms with E-state index in [9.17, 15) is 5.11 Å². The Labute approximate surface area is 151 Å². The molecule has 136 valence electrons. The lowest BCUT2D eigenvalue weighted by atomic mass is 10.2. The number of ether oxygens (including phenoxy) is 2. The standard InChI is InChI=1S/C19H22N4O3/c1-25-16-9-14-15(10-17(16)26-2)23(12-20-14)18-6-5-13(11-24)19(21-18)22-7-3-4-8-22/h5-6,9-10,12,24H,3-4,7-8,11H2,1-2H3. The lowest BCUT2D eigenvalue weighted by Gasteiger charge is -2.20. The topological polar surface area (TPSA) is 72.6 Å². The molecule has 3 aromatic rings.